The standard InChI is InChI=1S/C13H7Cl2F3N2S/c14-9-3-6-12(11(15)7-9)20-21-19-10-4-1-8(2-5-10)13(16,17)18/h1-7H. The summed E-state index contributed by atoms with van der Waals surface area (Å²) < 4.78 is 45.2. The maximum absolute atomic E-state index is 12.4. The van der Waals surface area contributed by atoms with Crippen molar-refractivity contribution in [3.8, 4) is 0 Å². The molecule has 0 aliphatic carbocycles. The van der Waals surface area contributed by atoms with E-state index in [0.29, 0.717) is 21.4 Å². The molecule has 0 spiro atoms. The van der Waals surface area contributed by atoms with Gasteiger partial charge in [0.25, 0.3) is 0 Å². The van der Waals surface area contributed by atoms with Crippen LogP contribution in [0.3, 0.4) is 0 Å². The quantitative estimate of drug-likeness (QED) is 0.596. The van der Waals surface area contributed by atoms with Crippen LogP contribution in [0.1, 0.15) is 5.56 Å². The largest absolute Gasteiger partial charge is 0.416 e. The number of halogens is 5. The Balaban J connectivity index is 2.19. The van der Waals surface area contributed by atoms with Crippen molar-refractivity contribution in [2.24, 2.45) is 8.73 Å². The van der Waals surface area contributed by atoms with E-state index in [-0.39, 0.29) is 0 Å². The van der Waals surface area contributed by atoms with Crippen LogP contribution < -0.4 is 0 Å². The topological polar surface area (TPSA) is 24.7 Å². The molecule has 2 nitrogen and oxygen atoms in total. The van der Waals surface area contributed by atoms with Crippen LogP contribution in [0.2, 0.25) is 10.0 Å². The van der Waals surface area contributed by atoms with Crippen molar-refractivity contribution in [3.05, 3.63) is 58.1 Å². The predicted molar refractivity (Wildman–Crippen MR) is 79.4 cm³/mol. The molecular weight excluding hydrogens is 344 g/mol. The molecule has 110 valence electrons. The number of alkyl halides is 3. The number of rotatable bonds is 2. The van der Waals surface area contributed by atoms with Gasteiger partial charge in [0.15, 0.2) is 0 Å². The van der Waals surface area contributed by atoms with Gasteiger partial charge >= 0.3 is 6.18 Å². The van der Waals surface area contributed by atoms with E-state index in [4.69, 9.17) is 23.2 Å². The Morgan fingerprint density at radius 1 is 0.905 bits per heavy atom. The van der Waals surface area contributed by atoms with Crippen LogP contribution >= 0.6 is 23.2 Å². The molecule has 0 bridgehead atoms. The lowest BCUT2D eigenvalue weighted by molar-refractivity contribution is -0.137. The minimum absolute atomic E-state index is 0.373. The molecular formula is C13H7Cl2F3N2S. The molecule has 2 aromatic rings. The summed E-state index contributed by atoms with van der Waals surface area (Å²) >= 11 is 12.5. The highest BCUT2D eigenvalue weighted by Gasteiger charge is 2.29. The van der Waals surface area contributed by atoms with Gasteiger partial charge in [0.1, 0.15) is 0 Å². The first kappa shape index (κ1) is 16.0. The monoisotopic (exact) mass is 350 g/mol. The van der Waals surface area contributed by atoms with Gasteiger partial charge in [-0.15, -0.1) is 0 Å². The normalized spacial score (nSPS) is 11.1. The van der Waals surface area contributed by atoms with Crippen molar-refractivity contribution in [3.63, 3.8) is 0 Å². The highest BCUT2D eigenvalue weighted by atomic mass is 35.5. The SMILES string of the molecule is FC(F)(F)c1ccc(N=S=Nc2ccc(Cl)cc2Cl)cc1. The van der Waals surface area contributed by atoms with Crippen LogP contribution in [0, 0.1) is 0 Å². The van der Waals surface area contributed by atoms with E-state index in [1.54, 1.807) is 18.2 Å². The molecule has 0 aliphatic rings. The molecule has 0 fully saturated rings. The van der Waals surface area contributed by atoms with Gasteiger partial charge in [0.2, 0.25) is 0 Å². The molecule has 0 radical (unpaired) electrons. The molecule has 0 atom stereocenters. The summed E-state index contributed by atoms with van der Waals surface area (Å²) in [6.45, 7) is 0. The van der Waals surface area contributed by atoms with Crippen molar-refractivity contribution < 1.29 is 13.2 Å². The van der Waals surface area contributed by atoms with E-state index >= 15 is 0 Å². The number of hydrogen-bond acceptors (Lipinski definition) is 2. The van der Waals surface area contributed by atoms with Gasteiger partial charge in [0, 0.05) is 5.02 Å². The highest BCUT2D eigenvalue weighted by Crippen LogP contribution is 2.30. The summed E-state index contributed by atoms with van der Waals surface area (Å²) in [5, 5.41) is 0.862. The fourth-order valence-electron chi connectivity index (χ4n) is 1.38. The summed E-state index contributed by atoms with van der Waals surface area (Å²) in [5.41, 5.74) is 0.146. The second-order valence-electron chi connectivity index (χ2n) is 3.90. The summed E-state index contributed by atoms with van der Waals surface area (Å²) in [6.07, 6.45) is -4.35. The van der Waals surface area contributed by atoms with E-state index in [1.165, 1.54) is 12.1 Å². The maximum atomic E-state index is 12.4. The third-order valence-corrected chi connectivity index (χ3v) is 3.50. The summed E-state index contributed by atoms with van der Waals surface area (Å²) in [5.74, 6) is 0. The first-order chi connectivity index (χ1) is 9.86. The fourth-order valence-corrected chi connectivity index (χ4v) is 2.38. The van der Waals surface area contributed by atoms with Gasteiger partial charge in [-0.05, 0) is 42.5 Å². The van der Waals surface area contributed by atoms with Gasteiger partial charge in [-0.3, -0.25) is 0 Å². The predicted octanol–water partition coefficient (Wildman–Crippen LogP) is 6.43. The van der Waals surface area contributed by atoms with Gasteiger partial charge in [-0.1, -0.05) is 23.2 Å². The van der Waals surface area contributed by atoms with Crippen molar-refractivity contribution in [1.82, 2.24) is 0 Å². The lowest BCUT2D eigenvalue weighted by atomic mass is 10.2. The maximum Gasteiger partial charge on any atom is 0.416 e. The molecule has 0 N–H and O–H groups in total. The second kappa shape index (κ2) is 6.60. The van der Waals surface area contributed by atoms with Crippen LogP contribution in [0.25, 0.3) is 0 Å². The van der Waals surface area contributed by atoms with Gasteiger partial charge in [0.05, 0.1) is 33.3 Å². The molecule has 0 saturated carbocycles. The third kappa shape index (κ3) is 4.56. The Labute approximate surface area is 132 Å². The lowest BCUT2D eigenvalue weighted by Gasteiger charge is -2.05. The van der Waals surface area contributed by atoms with Crippen molar-refractivity contribution in [2.45, 2.75) is 6.18 Å². The minimum atomic E-state index is -4.35. The van der Waals surface area contributed by atoms with Crippen LogP contribution in [-0.2, 0) is 17.5 Å². The zero-order chi connectivity index (χ0) is 15.5. The van der Waals surface area contributed by atoms with Gasteiger partial charge in [-0.2, -0.15) is 21.9 Å². The summed E-state index contributed by atoms with van der Waals surface area (Å²) in [7, 11) is 0. The highest BCUT2D eigenvalue weighted by molar-refractivity contribution is 7.57. The smallest absolute Gasteiger partial charge is 0.175 e. The van der Waals surface area contributed by atoms with Crippen molar-refractivity contribution in [2.75, 3.05) is 0 Å². The molecule has 2 aromatic carbocycles. The van der Waals surface area contributed by atoms with E-state index in [2.05, 4.69) is 8.73 Å². The molecule has 0 saturated heterocycles. The molecule has 0 aliphatic heterocycles. The van der Waals surface area contributed by atoms with E-state index in [9.17, 15) is 13.2 Å². The van der Waals surface area contributed by atoms with E-state index < -0.39 is 11.7 Å². The van der Waals surface area contributed by atoms with Crippen LogP contribution in [0.4, 0.5) is 24.5 Å². The number of nitrogens with zero attached hydrogens (tertiary/aromatic N) is 2. The zero-order valence-corrected chi connectivity index (χ0v) is 12.6. The van der Waals surface area contributed by atoms with Crippen molar-refractivity contribution >= 4 is 45.9 Å². The molecule has 2 rings (SSSR count). The molecule has 0 aromatic heterocycles. The Bertz CT molecular complexity index is 708. The Morgan fingerprint density at radius 2 is 1.57 bits per heavy atom. The average Bonchev–Trinajstić information content (AvgIpc) is 2.41. The third-order valence-electron chi connectivity index (χ3n) is 2.39. The number of hydrogen-bond donors (Lipinski definition) is 0. The number of benzene rings is 2. The van der Waals surface area contributed by atoms with E-state index in [0.717, 1.165) is 23.5 Å². The fraction of sp³-hybridized carbons (Fsp3) is 0.0769. The molecule has 0 unspecified atom stereocenters. The van der Waals surface area contributed by atoms with Gasteiger partial charge in [-0.25, -0.2) is 0 Å². The van der Waals surface area contributed by atoms with Crippen LogP contribution in [-0.4, -0.2) is 0 Å². The Kier molecular flexibility index (Phi) is 5.03. The van der Waals surface area contributed by atoms with Crippen LogP contribution in [0.15, 0.2) is 51.2 Å². The Morgan fingerprint density at radius 3 is 2.14 bits per heavy atom. The first-order valence-corrected chi connectivity index (χ1v) is 7.05. The lowest BCUT2D eigenvalue weighted by Crippen LogP contribution is -2.03. The van der Waals surface area contributed by atoms with Crippen LogP contribution in [0.5, 0.6) is 0 Å². The Hall–Kier alpha value is -1.37. The first-order valence-electron chi connectivity index (χ1n) is 5.57. The zero-order valence-electron chi connectivity index (χ0n) is 10.2. The average molecular weight is 351 g/mol. The molecule has 8 heteroatoms. The molecule has 0 amide bonds. The summed E-state index contributed by atoms with van der Waals surface area (Å²) in [6, 6.07) is 9.28. The second-order valence-corrected chi connectivity index (χ2v) is 5.28. The van der Waals surface area contributed by atoms with E-state index in [1.807, 2.05) is 0 Å². The minimum Gasteiger partial charge on any atom is -0.175 e. The van der Waals surface area contributed by atoms with Gasteiger partial charge < -0.3 is 0 Å². The summed E-state index contributed by atoms with van der Waals surface area (Å²) in [4.78, 5) is 0. The molecule has 21 heavy (non-hydrogen) atoms. The molecule has 0 heterocycles. The van der Waals surface area contributed by atoms with Crippen molar-refractivity contribution in [1.29, 1.82) is 0 Å².